The molecule has 0 bridgehead atoms. The van der Waals surface area contributed by atoms with Crippen molar-refractivity contribution in [2.24, 2.45) is 0 Å². The third-order valence-electron chi connectivity index (χ3n) is 2.61. The highest BCUT2D eigenvalue weighted by Crippen LogP contribution is 2.17. The van der Waals surface area contributed by atoms with Crippen LogP contribution >= 0.6 is 0 Å². The highest BCUT2D eigenvalue weighted by atomic mass is 16.5. The molecule has 0 spiro atoms. The Balaban J connectivity index is 2.18. The van der Waals surface area contributed by atoms with Crippen molar-refractivity contribution in [2.45, 2.75) is 13.5 Å². The highest BCUT2D eigenvalue weighted by Gasteiger charge is 1.99. The summed E-state index contributed by atoms with van der Waals surface area (Å²) >= 11 is 0. The van der Waals surface area contributed by atoms with E-state index in [9.17, 15) is 5.11 Å². The molecule has 2 nitrogen and oxygen atoms in total. The predicted octanol–water partition coefficient (Wildman–Crippen LogP) is 3.62. The van der Waals surface area contributed by atoms with Gasteiger partial charge in [0.25, 0.3) is 0 Å². The van der Waals surface area contributed by atoms with Crippen molar-refractivity contribution in [3.63, 3.8) is 0 Å². The molecule has 2 heteroatoms. The molecule has 0 unspecified atom stereocenters. The second-order valence-corrected chi connectivity index (χ2v) is 4.03. The van der Waals surface area contributed by atoms with E-state index in [4.69, 9.17) is 4.74 Å². The maximum absolute atomic E-state index is 9.25. The normalized spacial score (nSPS) is 11.3. The van der Waals surface area contributed by atoms with E-state index in [-0.39, 0.29) is 6.61 Å². The first-order chi connectivity index (χ1) is 8.79. The maximum Gasteiger partial charge on any atom is 0.126 e. The first kappa shape index (κ1) is 12.4. The first-order valence-corrected chi connectivity index (χ1v) is 5.89. The summed E-state index contributed by atoms with van der Waals surface area (Å²) in [5.74, 6) is 1.61. The molecule has 2 aromatic carbocycles. The van der Waals surface area contributed by atoms with Crippen molar-refractivity contribution in [1.82, 2.24) is 0 Å². The lowest BCUT2D eigenvalue weighted by Gasteiger charge is -2.07. The van der Waals surface area contributed by atoms with Crippen LogP contribution < -0.4 is 4.74 Å². The molecule has 0 aliphatic heterocycles. The highest BCUT2D eigenvalue weighted by molar-refractivity contribution is 5.55. The number of ether oxygens (including phenoxy) is 1. The Morgan fingerprint density at radius 2 is 1.72 bits per heavy atom. The average molecular weight is 240 g/mol. The summed E-state index contributed by atoms with van der Waals surface area (Å²) < 4.78 is 5.70. The summed E-state index contributed by atoms with van der Waals surface area (Å²) in [5, 5.41) is 9.25. The molecular formula is C16H16O2. The number of aliphatic hydroxyl groups excluding tert-OH is 1. The minimum absolute atomic E-state index is 0.0330. The van der Waals surface area contributed by atoms with Crippen LogP contribution in [0.2, 0.25) is 0 Å². The first-order valence-electron chi connectivity index (χ1n) is 5.89. The van der Waals surface area contributed by atoms with Crippen molar-refractivity contribution in [1.29, 1.82) is 0 Å². The van der Waals surface area contributed by atoms with Crippen LogP contribution in [-0.2, 0) is 6.61 Å². The fraction of sp³-hybridized carbons (Fsp3) is 0.125. The van der Waals surface area contributed by atoms with Gasteiger partial charge < -0.3 is 9.84 Å². The summed E-state index contributed by atoms with van der Waals surface area (Å²) in [6.45, 7) is 1.94. The SMILES string of the molecule is CC(=Cc1ccccc1CO)Oc1ccccc1. The molecule has 0 aliphatic carbocycles. The van der Waals surface area contributed by atoms with Crippen LogP contribution in [-0.4, -0.2) is 5.11 Å². The molecular weight excluding hydrogens is 224 g/mol. The van der Waals surface area contributed by atoms with Crippen LogP contribution in [0, 0.1) is 0 Å². The summed E-state index contributed by atoms with van der Waals surface area (Å²) in [5.41, 5.74) is 1.88. The molecule has 0 heterocycles. The number of allylic oxidation sites excluding steroid dienone is 1. The monoisotopic (exact) mass is 240 g/mol. The molecule has 1 N–H and O–H groups in total. The molecule has 0 aromatic heterocycles. The molecule has 0 atom stereocenters. The second-order valence-electron chi connectivity index (χ2n) is 4.03. The summed E-state index contributed by atoms with van der Waals surface area (Å²) in [7, 11) is 0. The topological polar surface area (TPSA) is 29.5 Å². The fourth-order valence-electron chi connectivity index (χ4n) is 1.74. The van der Waals surface area contributed by atoms with Crippen molar-refractivity contribution in [2.75, 3.05) is 0 Å². The Labute approximate surface area is 107 Å². The van der Waals surface area contributed by atoms with Crippen LogP contribution in [0.25, 0.3) is 6.08 Å². The molecule has 0 aliphatic rings. The lowest BCUT2D eigenvalue weighted by atomic mass is 10.1. The second kappa shape index (κ2) is 6.03. The van der Waals surface area contributed by atoms with E-state index in [0.29, 0.717) is 0 Å². The molecule has 0 amide bonds. The van der Waals surface area contributed by atoms with E-state index in [1.807, 2.05) is 67.6 Å². The zero-order valence-corrected chi connectivity index (χ0v) is 10.3. The maximum atomic E-state index is 9.25. The molecule has 0 radical (unpaired) electrons. The summed E-state index contributed by atoms with van der Waals surface area (Å²) in [4.78, 5) is 0. The Morgan fingerprint density at radius 3 is 2.44 bits per heavy atom. The smallest absolute Gasteiger partial charge is 0.126 e. The van der Waals surface area contributed by atoms with Crippen LogP contribution in [0.4, 0.5) is 0 Å². The minimum atomic E-state index is 0.0330. The van der Waals surface area contributed by atoms with Crippen molar-refractivity contribution >= 4 is 6.08 Å². The summed E-state index contributed by atoms with van der Waals surface area (Å²) in [6, 6.07) is 17.4. The van der Waals surface area contributed by atoms with Gasteiger partial charge >= 0.3 is 0 Å². The number of hydrogen-bond donors (Lipinski definition) is 1. The zero-order chi connectivity index (χ0) is 12.8. The molecule has 0 saturated heterocycles. The number of benzene rings is 2. The van der Waals surface area contributed by atoms with Crippen molar-refractivity contribution < 1.29 is 9.84 Å². The predicted molar refractivity (Wildman–Crippen MR) is 73.1 cm³/mol. The minimum Gasteiger partial charge on any atom is -0.462 e. The van der Waals surface area contributed by atoms with Gasteiger partial charge in [0.2, 0.25) is 0 Å². The summed E-state index contributed by atoms with van der Waals surface area (Å²) in [6.07, 6.45) is 1.93. The van der Waals surface area contributed by atoms with E-state index in [1.165, 1.54) is 0 Å². The molecule has 0 fully saturated rings. The third kappa shape index (κ3) is 3.22. The lowest BCUT2D eigenvalue weighted by molar-refractivity contribution is 0.281. The van der Waals surface area contributed by atoms with Gasteiger partial charge in [0.05, 0.1) is 6.61 Å². The van der Waals surface area contributed by atoms with E-state index >= 15 is 0 Å². The van der Waals surface area contributed by atoms with E-state index in [1.54, 1.807) is 0 Å². The molecule has 0 saturated carbocycles. The van der Waals surface area contributed by atoms with Crippen molar-refractivity contribution in [3.05, 3.63) is 71.5 Å². The van der Waals surface area contributed by atoms with E-state index in [2.05, 4.69) is 0 Å². The average Bonchev–Trinajstić information content (AvgIpc) is 2.40. The number of rotatable bonds is 4. The van der Waals surface area contributed by atoms with Gasteiger partial charge in [-0.1, -0.05) is 42.5 Å². The molecule has 2 aromatic rings. The largest absolute Gasteiger partial charge is 0.462 e. The van der Waals surface area contributed by atoms with Gasteiger partial charge in [-0.05, 0) is 36.3 Å². The van der Waals surface area contributed by atoms with Gasteiger partial charge in [-0.3, -0.25) is 0 Å². The number of para-hydroxylation sites is 1. The van der Waals surface area contributed by atoms with Gasteiger partial charge in [-0.2, -0.15) is 0 Å². The van der Waals surface area contributed by atoms with E-state index in [0.717, 1.165) is 22.6 Å². The van der Waals surface area contributed by atoms with Gasteiger partial charge in [0, 0.05) is 0 Å². The number of aliphatic hydroxyl groups is 1. The molecule has 18 heavy (non-hydrogen) atoms. The van der Waals surface area contributed by atoms with Crippen LogP contribution in [0.5, 0.6) is 5.75 Å². The lowest BCUT2D eigenvalue weighted by Crippen LogP contribution is -1.93. The van der Waals surface area contributed by atoms with Gasteiger partial charge in [0.15, 0.2) is 0 Å². The quantitative estimate of drug-likeness (QED) is 0.827. The van der Waals surface area contributed by atoms with Gasteiger partial charge in [-0.15, -0.1) is 0 Å². The number of hydrogen-bond acceptors (Lipinski definition) is 2. The fourth-order valence-corrected chi connectivity index (χ4v) is 1.74. The molecule has 2 rings (SSSR count). The Kier molecular flexibility index (Phi) is 4.15. The Bertz CT molecular complexity index is 530. The standard InChI is InChI=1S/C16H16O2/c1-13(18-16-9-3-2-4-10-16)11-14-7-5-6-8-15(14)12-17/h2-11,17H,12H2,1H3. The van der Waals surface area contributed by atoms with Crippen LogP contribution in [0.3, 0.4) is 0 Å². The van der Waals surface area contributed by atoms with Gasteiger partial charge in [0.1, 0.15) is 11.5 Å². The Hall–Kier alpha value is -2.06. The zero-order valence-electron chi connectivity index (χ0n) is 10.3. The molecule has 92 valence electrons. The Morgan fingerprint density at radius 1 is 1.06 bits per heavy atom. The third-order valence-corrected chi connectivity index (χ3v) is 2.61. The van der Waals surface area contributed by atoms with E-state index < -0.39 is 0 Å². The van der Waals surface area contributed by atoms with Crippen molar-refractivity contribution in [3.8, 4) is 5.75 Å². The van der Waals surface area contributed by atoms with Crippen LogP contribution in [0.1, 0.15) is 18.1 Å². The van der Waals surface area contributed by atoms with Crippen LogP contribution in [0.15, 0.2) is 60.4 Å². The van der Waals surface area contributed by atoms with Gasteiger partial charge in [-0.25, -0.2) is 0 Å².